The maximum Gasteiger partial charge on any atom is 2.00 e. The van der Waals surface area contributed by atoms with Crippen LogP contribution in [0.5, 0.6) is 0 Å². The normalized spacial score (nSPS) is 9.14. The van der Waals surface area contributed by atoms with Gasteiger partial charge in [0.25, 0.3) is 0 Å². The fourth-order valence-corrected chi connectivity index (χ4v) is 4.89. The van der Waals surface area contributed by atoms with Crippen LogP contribution in [0.15, 0.2) is 91.0 Å². The predicted octanol–water partition coefficient (Wildman–Crippen LogP) is -2.82. The SMILES string of the molecule is [Cl-].[Cl-].[Pd+2].c1ccc([PH+](c2ccccc2)c2ccccc2)cc1. The monoisotopic (exact) mass is 439 g/mol. The quantitative estimate of drug-likeness (QED) is 0.305. The van der Waals surface area contributed by atoms with Crippen LogP contribution < -0.4 is 40.7 Å². The summed E-state index contributed by atoms with van der Waals surface area (Å²) in [4.78, 5) is 0. The van der Waals surface area contributed by atoms with Gasteiger partial charge in [0.05, 0.1) is 7.92 Å². The van der Waals surface area contributed by atoms with Crippen molar-refractivity contribution in [3.8, 4) is 0 Å². The minimum Gasteiger partial charge on any atom is -1.00 e. The molecule has 3 rings (SSSR count). The third kappa shape index (κ3) is 5.20. The molecule has 0 bridgehead atoms. The zero-order valence-corrected chi connectivity index (χ0v) is 15.8. The zero-order chi connectivity index (χ0) is 12.9. The van der Waals surface area contributed by atoms with Crippen molar-refractivity contribution in [3.63, 3.8) is 0 Å². The number of benzene rings is 3. The van der Waals surface area contributed by atoms with Crippen LogP contribution in [0.2, 0.25) is 0 Å². The first kappa shape index (κ1) is 21.3. The van der Waals surface area contributed by atoms with Gasteiger partial charge in [-0.05, 0) is 36.4 Å². The largest absolute Gasteiger partial charge is 2.00 e. The van der Waals surface area contributed by atoms with Gasteiger partial charge in [0.2, 0.25) is 0 Å². The molecule has 116 valence electrons. The third-order valence-corrected chi connectivity index (χ3v) is 5.92. The molecular formula is C18H16Cl2PPd+. The second-order valence-corrected chi connectivity index (χ2v) is 6.96. The predicted molar refractivity (Wildman–Crippen MR) is 86.5 cm³/mol. The van der Waals surface area contributed by atoms with Gasteiger partial charge >= 0.3 is 20.4 Å². The number of halogens is 2. The Balaban J connectivity index is 0.00000147. The third-order valence-electron chi connectivity index (χ3n) is 3.19. The van der Waals surface area contributed by atoms with Crippen LogP contribution in [0.1, 0.15) is 0 Å². The van der Waals surface area contributed by atoms with E-state index >= 15 is 0 Å². The summed E-state index contributed by atoms with van der Waals surface area (Å²) in [7, 11) is -0.877. The molecule has 3 aromatic carbocycles. The van der Waals surface area contributed by atoms with Gasteiger partial charge in [0.15, 0.2) is 0 Å². The van der Waals surface area contributed by atoms with Gasteiger partial charge in [-0.2, -0.15) is 0 Å². The second kappa shape index (κ2) is 11.0. The molecule has 0 unspecified atom stereocenters. The van der Waals surface area contributed by atoms with Crippen molar-refractivity contribution in [2.75, 3.05) is 0 Å². The smallest absolute Gasteiger partial charge is 1.00 e. The van der Waals surface area contributed by atoms with Gasteiger partial charge in [0.1, 0.15) is 15.9 Å². The van der Waals surface area contributed by atoms with Gasteiger partial charge in [-0.15, -0.1) is 0 Å². The van der Waals surface area contributed by atoms with Gasteiger partial charge in [0, 0.05) is 0 Å². The van der Waals surface area contributed by atoms with Crippen molar-refractivity contribution < 1.29 is 45.2 Å². The maximum absolute atomic E-state index is 2.24. The molecule has 0 heterocycles. The van der Waals surface area contributed by atoms with E-state index in [1.165, 1.54) is 15.9 Å². The average molecular weight is 441 g/mol. The van der Waals surface area contributed by atoms with Crippen molar-refractivity contribution in [3.05, 3.63) is 91.0 Å². The molecule has 0 fully saturated rings. The number of hydrogen-bond acceptors (Lipinski definition) is 0. The molecule has 0 spiro atoms. The summed E-state index contributed by atoms with van der Waals surface area (Å²) in [6.07, 6.45) is 0. The molecule has 0 N–H and O–H groups in total. The molecule has 0 atom stereocenters. The van der Waals surface area contributed by atoms with E-state index in [-0.39, 0.29) is 45.2 Å². The number of rotatable bonds is 3. The Morgan fingerprint density at radius 3 is 0.864 bits per heavy atom. The zero-order valence-electron chi connectivity index (χ0n) is 11.7. The van der Waals surface area contributed by atoms with E-state index in [9.17, 15) is 0 Å². The van der Waals surface area contributed by atoms with Crippen LogP contribution in [0.3, 0.4) is 0 Å². The molecule has 0 saturated heterocycles. The van der Waals surface area contributed by atoms with E-state index < -0.39 is 7.92 Å². The van der Waals surface area contributed by atoms with Crippen molar-refractivity contribution in [2.45, 2.75) is 0 Å². The summed E-state index contributed by atoms with van der Waals surface area (Å²) in [6.45, 7) is 0. The Kier molecular flexibility index (Phi) is 10.6. The Bertz CT molecular complexity index is 539. The van der Waals surface area contributed by atoms with E-state index in [0.29, 0.717) is 0 Å². The summed E-state index contributed by atoms with van der Waals surface area (Å²) in [5, 5.41) is 4.31. The Labute approximate surface area is 159 Å². The minimum atomic E-state index is -0.877. The molecule has 4 heteroatoms. The van der Waals surface area contributed by atoms with E-state index in [4.69, 9.17) is 0 Å². The number of hydrogen-bond donors (Lipinski definition) is 0. The summed E-state index contributed by atoms with van der Waals surface area (Å²) in [5.41, 5.74) is 0. The van der Waals surface area contributed by atoms with Gasteiger partial charge in [-0.1, -0.05) is 54.6 Å². The summed E-state index contributed by atoms with van der Waals surface area (Å²) in [5.74, 6) is 0. The molecule has 0 aliphatic heterocycles. The van der Waals surface area contributed by atoms with Gasteiger partial charge < -0.3 is 24.8 Å². The van der Waals surface area contributed by atoms with E-state index in [1.54, 1.807) is 0 Å². The molecule has 3 aromatic rings. The Morgan fingerprint density at radius 1 is 0.409 bits per heavy atom. The van der Waals surface area contributed by atoms with E-state index in [2.05, 4.69) is 91.0 Å². The van der Waals surface area contributed by atoms with Crippen LogP contribution in [0, 0.1) is 0 Å². The Morgan fingerprint density at radius 2 is 0.636 bits per heavy atom. The minimum absolute atomic E-state index is 0. The molecule has 0 aliphatic carbocycles. The second-order valence-electron chi connectivity index (χ2n) is 4.47. The fourth-order valence-electron chi connectivity index (χ4n) is 2.31. The van der Waals surface area contributed by atoms with Crippen LogP contribution in [-0.2, 0) is 20.4 Å². The first-order chi connectivity index (χ1) is 9.45. The molecular weight excluding hydrogens is 424 g/mol. The maximum atomic E-state index is 2.24. The summed E-state index contributed by atoms with van der Waals surface area (Å²) >= 11 is 0. The molecule has 0 saturated carbocycles. The summed E-state index contributed by atoms with van der Waals surface area (Å²) in [6, 6.07) is 32.5. The van der Waals surface area contributed by atoms with Crippen LogP contribution in [-0.4, -0.2) is 0 Å². The molecule has 0 radical (unpaired) electrons. The molecule has 22 heavy (non-hydrogen) atoms. The van der Waals surface area contributed by atoms with Crippen LogP contribution in [0.4, 0.5) is 0 Å². The first-order valence-corrected chi connectivity index (χ1v) is 7.98. The van der Waals surface area contributed by atoms with E-state index in [0.717, 1.165) is 0 Å². The van der Waals surface area contributed by atoms with Gasteiger partial charge in [-0.3, -0.25) is 0 Å². The molecule has 0 aromatic heterocycles. The first-order valence-electron chi connectivity index (χ1n) is 6.48. The summed E-state index contributed by atoms with van der Waals surface area (Å²) < 4.78 is 0. The molecule has 0 aliphatic rings. The molecule has 0 amide bonds. The topological polar surface area (TPSA) is 0 Å². The van der Waals surface area contributed by atoms with E-state index in [1.807, 2.05) is 0 Å². The Hall–Kier alpha value is -0.668. The van der Waals surface area contributed by atoms with Crippen LogP contribution >= 0.6 is 7.92 Å². The average Bonchev–Trinajstić information content (AvgIpc) is 2.51. The van der Waals surface area contributed by atoms with Gasteiger partial charge in [-0.25, -0.2) is 0 Å². The van der Waals surface area contributed by atoms with Crippen LogP contribution in [0.25, 0.3) is 0 Å². The van der Waals surface area contributed by atoms with Crippen molar-refractivity contribution in [1.82, 2.24) is 0 Å². The standard InChI is InChI=1S/C18H15P.2ClH.Pd/c1-4-10-16(11-5-1)19(17-12-6-2-7-13-17)18-14-8-3-9-15-18;;;/h1-15H;2*1H;/q;;;+2/p-1. The van der Waals surface area contributed by atoms with Crippen molar-refractivity contribution in [1.29, 1.82) is 0 Å². The fraction of sp³-hybridized carbons (Fsp3) is 0. The van der Waals surface area contributed by atoms with Crippen molar-refractivity contribution in [2.24, 2.45) is 0 Å². The van der Waals surface area contributed by atoms with Crippen molar-refractivity contribution >= 4 is 23.8 Å². The molecule has 0 nitrogen and oxygen atoms in total.